The van der Waals surface area contributed by atoms with Crippen LogP contribution in [0.3, 0.4) is 0 Å². The van der Waals surface area contributed by atoms with Gasteiger partial charge in [0, 0.05) is 31.6 Å². The molecule has 0 aromatic heterocycles. The Morgan fingerprint density at radius 2 is 1.71 bits per heavy atom. The Morgan fingerprint density at radius 3 is 2.18 bits per heavy atom. The zero-order valence-electron chi connectivity index (χ0n) is 9.24. The maximum absolute atomic E-state index is 13.2. The van der Waals surface area contributed by atoms with Crippen molar-refractivity contribution in [3.63, 3.8) is 0 Å². The van der Waals surface area contributed by atoms with Crippen LogP contribution in [0.1, 0.15) is 12.8 Å². The van der Waals surface area contributed by atoms with Crippen molar-refractivity contribution in [2.75, 3.05) is 18.0 Å². The van der Waals surface area contributed by atoms with Crippen LogP contribution >= 0.6 is 15.9 Å². The van der Waals surface area contributed by atoms with E-state index in [1.807, 2.05) is 35.2 Å². The van der Waals surface area contributed by atoms with Crippen LogP contribution in [0.15, 0.2) is 30.3 Å². The molecule has 5 heteroatoms. The van der Waals surface area contributed by atoms with Crippen molar-refractivity contribution in [3.8, 4) is 0 Å². The molecule has 0 spiro atoms. The van der Waals surface area contributed by atoms with Gasteiger partial charge < -0.3 is 10.0 Å². The third-order valence-corrected chi connectivity index (χ3v) is 3.98. The molecule has 1 aromatic rings. The molecule has 1 saturated heterocycles. The van der Waals surface area contributed by atoms with E-state index in [1.54, 1.807) is 0 Å². The number of alkyl halides is 3. The van der Waals surface area contributed by atoms with E-state index in [-0.39, 0.29) is 12.8 Å². The van der Waals surface area contributed by atoms with Gasteiger partial charge in [-0.1, -0.05) is 18.2 Å². The predicted molar refractivity (Wildman–Crippen MR) is 66.7 cm³/mol. The SMILES string of the molecule is OC1(C(F)(F)Br)CCN(c2ccccc2)CC1. The minimum absolute atomic E-state index is 0.0557. The minimum atomic E-state index is -3.22. The van der Waals surface area contributed by atoms with Gasteiger partial charge in [-0.25, -0.2) is 0 Å². The highest BCUT2D eigenvalue weighted by atomic mass is 79.9. The molecule has 2 nitrogen and oxygen atoms in total. The van der Waals surface area contributed by atoms with E-state index in [2.05, 4.69) is 15.9 Å². The number of halogens is 3. The number of hydrogen-bond acceptors (Lipinski definition) is 2. The molecule has 0 bridgehead atoms. The van der Waals surface area contributed by atoms with E-state index < -0.39 is 10.4 Å². The molecule has 1 heterocycles. The fourth-order valence-electron chi connectivity index (χ4n) is 2.06. The number of aliphatic hydroxyl groups is 1. The molecule has 17 heavy (non-hydrogen) atoms. The van der Waals surface area contributed by atoms with Crippen molar-refractivity contribution in [2.24, 2.45) is 0 Å². The largest absolute Gasteiger partial charge is 0.382 e. The number of anilines is 1. The van der Waals surface area contributed by atoms with Crippen LogP contribution in [0, 0.1) is 0 Å². The highest BCUT2D eigenvalue weighted by molar-refractivity contribution is 9.10. The van der Waals surface area contributed by atoms with Gasteiger partial charge in [-0.15, -0.1) is 0 Å². The lowest BCUT2D eigenvalue weighted by atomic mass is 9.91. The van der Waals surface area contributed by atoms with Crippen LogP contribution in [0.2, 0.25) is 0 Å². The van der Waals surface area contributed by atoms with E-state index in [1.165, 1.54) is 0 Å². The van der Waals surface area contributed by atoms with Gasteiger partial charge in [0.05, 0.1) is 0 Å². The lowest BCUT2D eigenvalue weighted by Gasteiger charge is -2.41. The molecule has 0 unspecified atom stereocenters. The molecule has 1 aromatic carbocycles. The summed E-state index contributed by atoms with van der Waals surface area (Å²) in [4.78, 5) is -1.21. The van der Waals surface area contributed by atoms with E-state index >= 15 is 0 Å². The van der Waals surface area contributed by atoms with Crippen molar-refractivity contribution < 1.29 is 13.9 Å². The first kappa shape index (κ1) is 12.8. The molecule has 0 amide bonds. The summed E-state index contributed by atoms with van der Waals surface area (Å²) in [6.45, 7) is 0.864. The van der Waals surface area contributed by atoms with Crippen LogP contribution < -0.4 is 4.90 Å². The highest BCUT2D eigenvalue weighted by Crippen LogP contribution is 2.42. The lowest BCUT2D eigenvalue weighted by Crippen LogP contribution is -2.52. The average Bonchev–Trinajstić information content (AvgIpc) is 2.30. The molecule has 0 atom stereocenters. The average molecular weight is 306 g/mol. The molecule has 1 aliphatic heterocycles. The molecular weight excluding hydrogens is 292 g/mol. The smallest absolute Gasteiger partial charge is 0.329 e. The van der Waals surface area contributed by atoms with Gasteiger partial charge in [-0.2, -0.15) is 8.78 Å². The summed E-state index contributed by atoms with van der Waals surface area (Å²) in [6.07, 6.45) is 0.111. The highest BCUT2D eigenvalue weighted by Gasteiger charge is 2.51. The van der Waals surface area contributed by atoms with Crippen LogP contribution in [0.4, 0.5) is 14.5 Å². The van der Waals surface area contributed by atoms with Crippen LogP contribution in [0.25, 0.3) is 0 Å². The van der Waals surface area contributed by atoms with Crippen molar-refractivity contribution >= 4 is 21.6 Å². The third-order valence-electron chi connectivity index (χ3n) is 3.24. The molecule has 1 fully saturated rings. The molecule has 0 aliphatic carbocycles. The standard InChI is InChI=1S/C12H14BrF2NO/c13-12(14,15)11(17)6-8-16(9-7-11)10-4-2-1-3-5-10/h1-5,17H,6-9H2. The van der Waals surface area contributed by atoms with Crippen molar-refractivity contribution in [1.82, 2.24) is 0 Å². The van der Waals surface area contributed by atoms with Crippen LogP contribution in [0.5, 0.6) is 0 Å². The van der Waals surface area contributed by atoms with Gasteiger partial charge in [0.15, 0.2) is 0 Å². The van der Waals surface area contributed by atoms with Crippen LogP contribution in [-0.4, -0.2) is 28.6 Å². The van der Waals surface area contributed by atoms with Crippen molar-refractivity contribution in [3.05, 3.63) is 30.3 Å². The van der Waals surface area contributed by atoms with Crippen molar-refractivity contribution in [2.45, 2.75) is 23.3 Å². The Balaban J connectivity index is 2.04. The summed E-state index contributed by atoms with van der Waals surface area (Å²) in [5.74, 6) is 0. The molecule has 1 N–H and O–H groups in total. The van der Waals surface area contributed by atoms with E-state index in [4.69, 9.17) is 0 Å². The Hall–Kier alpha value is -0.680. The predicted octanol–water partition coefficient (Wildman–Crippen LogP) is 3.01. The first-order valence-electron chi connectivity index (χ1n) is 5.51. The summed E-state index contributed by atoms with van der Waals surface area (Å²) in [7, 11) is 0. The van der Waals surface area contributed by atoms with Crippen LogP contribution in [-0.2, 0) is 0 Å². The van der Waals surface area contributed by atoms with Gasteiger partial charge in [0.2, 0.25) is 0 Å². The number of rotatable bonds is 2. The molecule has 0 saturated carbocycles. The maximum atomic E-state index is 13.2. The fourth-order valence-corrected chi connectivity index (χ4v) is 2.45. The van der Waals surface area contributed by atoms with Gasteiger partial charge in [0.1, 0.15) is 5.60 Å². The second-order valence-electron chi connectivity index (χ2n) is 4.35. The minimum Gasteiger partial charge on any atom is -0.382 e. The second-order valence-corrected chi connectivity index (χ2v) is 5.35. The summed E-state index contributed by atoms with van der Waals surface area (Å²) < 4.78 is 26.3. The van der Waals surface area contributed by atoms with Gasteiger partial charge in [0.25, 0.3) is 0 Å². The van der Waals surface area contributed by atoms with Gasteiger partial charge >= 0.3 is 4.83 Å². The molecule has 1 aliphatic rings. The number of nitrogens with zero attached hydrogens (tertiary/aromatic N) is 1. The number of piperidine rings is 1. The Morgan fingerprint density at radius 1 is 1.18 bits per heavy atom. The topological polar surface area (TPSA) is 23.5 Å². The van der Waals surface area contributed by atoms with E-state index in [0.29, 0.717) is 13.1 Å². The number of benzene rings is 1. The summed E-state index contributed by atoms with van der Waals surface area (Å²) in [5, 5.41) is 9.85. The lowest BCUT2D eigenvalue weighted by molar-refractivity contribution is -0.127. The monoisotopic (exact) mass is 305 g/mol. The molecule has 0 radical (unpaired) electrons. The Kier molecular flexibility index (Phi) is 3.41. The zero-order chi connectivity index (χ0) is 12.5. The second kappa shape index (κ2) is 4.53. The zero-order valence-corrected chi connectivity index (χ0v) is 10.8. The first-order chi connectivity index (χ1) is 7.92. The van der Waals surface area contributed by atoms with Gasteiger partial charge in [-0.3, -0.25) is 0 Å². The Labute approximate surface area is 107 Å². The number of hydrogen-bond donors (Lipinski definition) is 1. The quantitative estimate of drug-likeness (QED) is 0.849. The summed E-state index contributed by atoms with van der Waals surface area (Å²) >= 11 is 2.27. The normalized spacial score (nSPS) is 20.4. The third kappa shape index (κ3) is 2.60. The first-order valence-corrected chi connectivity index (χ1v) is 6.31. The molecule has 94 valence electrons. The summed E-state index contributed by atoms with van der Waals surface area (Å²) in [6, 6.07) is 9.62. The molecular formula is C12H14BrF2NO. The fraction of sp³-hybridized carbons (Fsp3) is 0.500. The van der Waals surface area contributed by atoms with Crippen molar-refractivity contribution in [1.29, 1.82) is 0 Å². The summed E-state index contributed by atoms with van der Waals surface area (Å²) in [5.41, 5.74) is -0.925. The van der Waals surface area contributed by atoms with Gasteiger partial charge in [-0.05, 0) is 28.1 Å². The Bertz CT molecular complexity index is 372. The number of para-hydroxylation sites is 1. The van der Waals surface area contributed by atoms with E-state index in [0.717, 1.165) is 5.69 Å². The molecule has 2 rings (SSSR count). The van der Waals surface area contributed by atoms with E-state index in [9.17, 15) is 13.9 Å². The maximum Gasteiger partial charge on any atom is 0.329 e.